The molecular weight excluding hydrogens is 212 g/mol. The number of hydrogen-bond acceptors (Lipinski definition) is 2. The van der Waals surface area contributed by atoms with Gasteiger partial charge in [-0.05, 0) is 38.1 Å². The summed E-state index contributed by atoms with van der Waals surface area (Å²) in [5, 5.41) is 3.45. The zero-order valence-electron chi connectivity index (χ0n) is 11.9. The van der Waals surface area contributed by atoms with Crippen LogP contribution in [0.5, 0.6) is 0 Å². The van der Waals surface area contributed by atoms with E-state index in [1.165, 1.54) is 0 Å². The van der Waals surface area contributed by atoms with Crippen molar-refractivity contribution in [3.63, 3.8) is 0 Å². The van der Waals surface area contributed by atoms with Crippen LogP contribution in [0.2, 0.25) is 0 Å². The first-order valence-corrected chi connectivity index (χ1v) is 7.02. The molecule has 0 aliphatic carbocycles. The fraction of sp³-hybridized carbons (Fsp3) is 0.929. The number of carbonyl (C=O) groups excluding carboxylic acids is 1. The molecule has 0 aromatic heterocycles. The van der Waals surface area contributed by atoms with Gasteiger partial charge < -0.3 is 10.2 Å². The van der Waals surface area contributed by atoms with Crippen LogP contribution in [-0.2, 0) is 4.79 Å². The summed E-state index contributed by atoms with van der Waals surface area (Å²) in [6.07, 6.45) is 5.26. The van der Waals surface area contributed by atoms with Gasteiger partial charge in [-0.2, -0.15) is 0 Å². The predicted molar refractivity (Wildman–Crippen MR) is 72.0 cm³/mol. The predicted octanol–water partition coefficient (Wildman–Crippen LogP) is 2.41. The lowest BCUT2D eigenvalue weighted by molar-refractivity contribution is -0.137. The molecule has 0 radical (unpaired) electrons. The Balaban J connectivity index is 2.58. The highest BCUT2D eigenvalue weighted by atomic mass is 16.2. The first kappa shape index (κ1) is 14.5. The molecule has 1 aliphatic rings. The van der Waals surface area contributed by atoms with Crippen molar-refractivity contribution in [1.29, 1.82) is 0 Å². The van der Waals surface area contributed by atoms with Gasteiger partial charge in [0.2, 0.25) is 5.91 Å². The van der Waals surface area contributed by atoms with Gasteiger partial charge >= 0.3 is 0 Å². The molecule has 1 unspecified atom stereocenters. The molecule has 0 saturated carbocycles. The van der Waals surface area contributed by atoms with E-state index in [1.54, 1.807) is 0 Å². The minimum atomic E-state index is -0.250. The average Bonchev–Trinajstić information content (AvgIpc) is 2.75. The van der Waals surface area contributed by atoms with Gasteiger partial charge in [0.15, 0.2) is 0 Å². The topological polar surface area (TPSA) is 32.3 Å². The number of rotatable bonds is 6. The summed E-state index contributed by atoms with van der Waals surface area (Å²) in [5.74, 6) is 0.960. The second kappa shape index (κ2) is 6.39. The molecular formula is C14H28N2O. The van der Waals surface area contributed by atoms with E-state index < -0.39 is 0 Å². The summed E-state index contributed by atoms with van der Waals surface area (Å²) < 4.78 is 0. The van der Waals surface area contributed by atoms with E-state index in [2.05, 4.69) is 26.1 Å². The Bertz CT molecular complexity index is 245. The second-order valence-electron chi connectivity index (χ2n) is 5.77. The first-order chi connectivity index (χ1) is 8.02. The molecule has 1 N–H and O–H groups in total. The third-order valence-corrected chi connectivity index (χ3v) is 3.72. The van der Waals surface area contributed by atoms with Crippen LogP contribution >= 0.6 is 0 Å². The number of likely N-dealkylation sites (N-methyl/N-ethyl adjacent to an activating group) is 1. The maximum absolute atomic E-state index is 12.5. The van der Waals surface area contributed by atoms with Gasteiger partial charge in [-0.15, -0.1) is 0 Å². The zero-order valence-corrected chi connectivity index (χ0v) is 11.9. The fourth-order valence-electron chi connectivity index (χ4n) is 2.65. The van der Waals surface area contributed by atoms with Crippen molar-refractivity contribution >= 4 is 5.91 Å². The molecule has 3 nitrogen and oxygen atoms in total. The Hall–Kier alpha value is -0.570. The van der Waals surface area contributed by atoms with Gasteiger partial charge in [-0.1, -0.05) is 27.2 Å². The van der Waals surface area contributed by atoms with Crippen LogP contribution in [0.4, 0.5) is 0 Å². The highest BCUT2D eigenvalue weighted by Crippen LogP contribution is 2.26. The lowest BCUT2D eigenvalue weighted by Gasteiger charge is -2.33. The molecule has 1 atom stereocenters. The number of carbonyl (C=O) groups is 1. The largest absolute Gasteiger partial charge is 0.344 e. The minimum Gasteiger partial charge on any atom is -0.344 e. The third-order valence-electron chi connectivity index (χ3n) is 3.72. The Morgan fingerprint density at radius 3 is 2.65 bits per heavy atom. The van der Waals surface area contributed by atoms with Crippen LogP contribution in [-0.4, -0.2) is 36.5 Å². The van der Waals surface area contributed by atoms with Crippen molar-refractivity contribution < 1.29 is 4.79 Å². The second-order valence-corrected chi connectivity index (χ2v) is 5.77. The molecule has 1 saturated heterocycles. The van der Waals surface area contributed by atoms with E-state index in [9.17, 15) is 4.79 Å². The number of hydrogen-bond donors (Lipinski definition) is 1. The quantitative estimate of drug-likeness (QED) is 0.773. The van der Waals surface area contributed by atoms with E-state index >= 15 is 0 Å². The SMILES string of the molecule is CCCC1(C(=O)N(C)CCC(C)C)CCCN1. The lowest BCUT2D eigenvalue weighted by Crippen LogP contribution is -2.54. The zero-order chi connectivity index (χ0) is 12.9. The Labute approximate surface area is 106 Å². The monoisotopic (exact) mass is 240 g/mol. The smallest absolute Gasteiger partial charge is 0.242 e. The molecule has 0 bridgehead atoms. The summed E-state index contributed by atoms with van der Waals surface area (Å²) in [7, 11) is 1.95. The van der Waals surface area contributed by atoms with Crippen LogP contribution in [0.25, 0.3) is 0 Å². The van der Waals surface area contributed by atoms with E-state index in [1.807, 2.05) is 11.9 Å². The normalized spacial score (nSPS) is 24.3. The van der Waals surface area contributed by atoms with Crippen molar-refractivity contribution in [1.82, 2.24) is 10.2 Å². The summed E-state index contributed by atoms with van der Waals surface area (Å²) in [6.45, 7) is 8.43. The van der Waals surface area contributed by atoms with Crippen molar-refractivity contribution in [2.24, 2.45) is 5.92 Å². The lowest BCUT2D eigenvalue weighted by atomic mass is 9.90. The highest BCUT2D eigenvalue weighted by molar-refractivity contribution is 5.86. The first-order valence-electron chi connectivity index (χ1n) is 7.02. The fourth-order valence-corrected chi connectivity index (χ4v) is 2.65. The number of nitrogens with zero attached hydrogens (tertiary/aromatic N) is 1. The summed E-state index contributed by atoms with van der Waals surface area (Å²) in [6, 6.07) is 0. The van der Waals surface area contributed by atoms with Crippen LogP contribution in [0.15, 0.2) is 0 Å². The van der Waals surface area contributed by atoms with E-state index in [-0.39, 0.29) is 5.54 Å². The summed E-state index contributed by atoms with van der Waals surface area (Å²) >= 11 is 0. The Morgan fingerprint density at radius 2 is 2.18 bits per heavy atom. The summed E-state index contributed by atoms with van der Waals surface area (Å²) in [4.78, 5) is 14.5. The van der Waals surface area contributed by atoms with E-state index in [0.717, 1.165) is 45.2 Å². The van der Waals surface area contributed by atoms with Crippen LogP contribution in [0.1, 0.15) is 52.9 Å². The average molecular weight is 240 g/mol. The van der Waals surface area contributed by atoms with Crippen LogP contribution in [0, 0.1) is 5.92 Å². The third kappa shape index (κ3) is 3.70. The van der Waals surface area contributed by atoms with Gasteiger partial charge in [-0.25, -0.2) is 0 Å². The van der Waals surface area contributed by atoms with Gasteiger partial charge in [0.25, 0.3) is 0 Å². The molecule has 0 spiro atoms. The molecule has 1 fully saturated rings. The van der Waals surface area contributed by atoms with Gasteiger partial charge in [0.05, 0.1) is 5.54 Å². The van der Waals surface area contributed by atoms with E-state index in [4.69, 9.17) is 0 Å². The maximum atomic E-state index is 12.5. The van der Waals surface area contributed by atoms with Gasteiger partial charge in [-0.3, -0.25) is 4.79 Å². The van der Waals surface area contributed by atoms with Gasteiger partial charge in [0, 0.05) is 13.6 Å². The van der Waals surface area contributed by atoms with Crippen molar-refractivity contribution in [2.45, 2.75) is 58.4 Å². The molecule has 0 aromatic carbocycles. The molecule has 1 aliphatic heterocycles. The van der Waals surface area contributed by atoms with Gasteiger partial charge in [0.1, 0.15) is 0 Å². The molecule has 1 rings (SSSR count). The van der Waals surface area contributed by atoms with Crippen molar-refractivity contribution in [2.75, 3.05) is 20.1 Å². The van der Waals surface area contributed by atoms with Crippen molar-refractivity contribution in [3.8, 4) is 0 Å². The number of nitrogens with one attached hydrogen (secondary N) is 1. The van der Waals surface area contributed by atoms with Crippen LogP contribution < -0.4 is 5.32 Å². The minimum absolute atomic E-state index is 0.250. The number of amides is 1. The molecule has 17 heavy (non-hydrogen) atoms. The van der Waals surface area contributed by atoms with E-state index in [0.29, 0.717) is 11.8 Å². The van der Waals surface area contributed by atoms with Crippen molar-refractivity contribution in [3.05, 3.63) is 0 Å². The maximum Gasteiger partial charge on any atom is 0.242 e. The molecule has 3 heteroatoms. The summed E-state index contributed by atoms with van der Waals surface area (Å²) in [5.41, 5.74) is -0.250. The molecule has 1 amide bonds. The standard InChI is InChI=1S/C14H28N2O/c1-5-8-14(9-6-10-15-14)13(17)16(4)11-7-12(2)3/h12,15H,5-11H2,1-4H3. The van der Waals surface area contributed by atoms with Crippen LogP contribution in [0.3, 0.4) is 0 Å². The molecule has 1 heterocycles. The Morgan fingerprint density at radius 1 is 1.47 bits per heavy atom. The molecule has 0 aromatic rings. The Kier molecular flexibility index (Phi) is 5.44. The molecule has 100 valence electrons. The highest BCUT2D eigenvalue weighted by Gasteiger charge is 2.41.